The van der Waals surface area contributed by atoms with Crippen LogP contribution in [-0.4, -0.2) is 10.9 Å². The van der Waals surface area contributed by atoms with Gasteiger partial charge in [-0.2, -0.15) is 0 Å². The standard InChI is InChI=1S/C12H7Br2N3OS2/c13-6-4-9(19-10(6)14)11(18)17-12-16-7-2-1-5(15)3-8(7)20-12/h1-4H,15H2,(H,16,17,18). The number of hydrogen-bond donors (Lipinski definition) is 2. The number of halogens is 2. The highest BCUT2D eigenvalue weighted by Gasteiger charge is 2.14. The maximum atomic E-state index is 12.1. The van der Waals surface area contributed by atoms with Crippen LogP contribution in [-0.2, 0) is 0 Å². The van der Waals surface area contributed by atoms with Gasteiger partial charge in [-0.15, -0.1) is 11.3 Å². The summed E-state index contributed by atoms with van der Waals surface area (Å²) in [4.78, 5) is 17.1. The first-order chi connectivity index (χ1) is 9.52. The van der Waals surface area contributed by atoms with Crippen LogP contribution in [0.2, 0.25) is 0 Å². The fourth-order valence-corrected chi connectivity index (χ4v) is 4.45. The molecule has 3 N–H and O–H groups in total. The van der Waals surface area contributed by atoms with Crippen molar-refractivity contribution in [3.63, 3.8) is 0 Å². The number of nitrogen functional groups attached to an aromatic ring is 1. The van der Waals surface area contributed by atoms with Crippen LogP contribution in [0, 0.1) is 0 Å². The number of hydrogen-bond acceptors (Lipinski definition) is 5. The second-order valence-corrected chi connectivity index (χ2v) is 8.19. The monoisotopic (exact) mass is 431 g/mol. The van der Waals surface area contributed by atoms with Gasteiger partial charge in [0.15, 0.2) is 5.13 Å². The molecule has 2 aromatic heterocycles. The zero-order chi connectivity index (χ0) is 14.3. The van der Waals surface area contributed by atoms with E-state index in [0.29, 0.717) is 15.7 Å². The molecule has 0 atom stereocenters. The molecule has 4 nitrogen and oxygen atoms in total. The first-order valence-electron chi connectivity index (χ1n) is 5.45. The molecule has 2 heterocycles. The Balaban J connectivity index is 1.87. The van der Waals surface area contributed by atoms with E-state index in [-0.39, 0.29) is 5.91 Å². The molecule has 0 saturated carbocycles. The zero-order valence-corrected chi connectivity index (χ0v) is 14.6. The van der Waals surface area contributed by atoms with Crippen molar-refractivity contribution in [2.75, 3.05) is 11.1 Å². The molecule has 3 rings (SSSR count). The molecule has 20 heavy (non-hydrogen) atoms. The number of nitrogens with zero attached hydrogens (tertiary/aromatic N) is 1. The molecule has 102 valence electrons. The number of benzene rings is 1. The number of anilines is 2. The fraction of sp³-hybridized carbons (Fsp3) is 0. The fourth-order valence-electron chi connectivity index (χ4n) is 1.61. The minimum absolute atomic E-state index is 0.173. The van der Waals surface area contributed by atoms with E-state index in [1.165, 1.54) is 22.7 Å². The average molecular weight is 433 g/mol. The van der Waals surface area contributed by atoms with Gasteiger partial charge in [0, 0.05) is 10.2 Å². The van der Waals surface area contributed by atoms with E-state index in [1.807, 2.05) is 12.1 Å². The molecular formula is C12H7Br2N3OS2. The van der Waals surface area contributed by atoms with Crippen molar-refractivity contribution in [3.8, 4) is 0 Å². The highest BCUT2D eigenvalue weighted by molar-refractivity contribution is 9.13. The Morgan fingerprint density at radius 2 is 2.05 bits per heavy atom. The van der Waals surface area contributed by atoms with E-state index in [2.05, 4.69) is 42.2 Å². The van der Waals surface area contributed by atoms with Gasteiger partial charge in [0.05, 0.1) is 18.9 Å². The number of rotatable bonds is 2. The summed E-state index contributed by atoms with van der Waals surface area (Å²) in [5.74, 6) is -0.173. The van der Waals surface area contributed by atoms with Gasteiger partial charge < -0.3 is 5.73 Å². The number of carbonyl (C=O) groups is 1. The molecule has 0 aliphatic carbocycles. The topological polar surface area (TPSA) is 68.0 Å². The highest BCUT2D eigenvalue weighted by Crippen LogP contribution is 2.33. The number of carbonyl (C=O) groups excluding carboxylic acids is 1. The average Bonchev–Trinajstić information content (AvgIpc) is 2.93. The minimum atomic E-state index is -0.173. The van der Waals surface area contributed by atoms with E-state index >= 15 is 0 Å². The number of nitrogens with one attached hydrogen (secondary N) is 1. The van der Waals surface area contributed by atoms with Crippen LogP contribution in [0.4, 0.5) is 10.8 Å². The summed E-state index contributed by atoms with van der Waals surface area (Å²) in [6.07, 6.45) is 0. The zero-order valence-electron chi connectivity index (χ0n) is 9.81. The third kappa shape index (κ3) is 2.73. The van der Waals surface area contributed by atoms with Gasteiger partial charge in [0.1, 0.15) is 0 Å². The molecular weight excluding hydrogens is 426 g/mol. The van der Waals surface area contributed by atoms with Crippen LogP contribution in [0.1, 0.15) is 9.67 Å². The molecule has 0 saturated heterocycles. The Kier molecular flexibility index (Phi) is 3.80. The summed E-state index contributed by atoms with van der Waals surface area (Å²) in [5.41, 5.74) is 7.24. The predicted molar refractivity (Wildman–Crippen MR) is 91.7 cm³/mol. The van der Waals surface area contributed by atoms with Gasteiger partial charge >= 0.3 is 0 Å². The number of nitrogens with two attached hydrogens (primary N) is 1. The minimum Gasteiger partial charge on any atom is -0.399 e. The summed E-state index contributed by atoms with van der Waals surface area (Å²) in [7, 11) is 0. The molecule has 0 aliphatic heterocycles. The van der Waals surface area contributed by atoms with Gasteiger partial charge in [0.25, 0.3) is 5.91 Å². The van der Waals surface area contributed by atoms with Crippen LogP contribution in [0.25, 0.3) is 10.2 Å². The van der Waals surface area contributed by atoms with Gasteiger partial charge in [-0.05, 0) is 56.1 Å². The van der Waals surface area contributed by atoms with Crippen molar-refractivity contribution in [1.29, 1.82) is 0 Å². The molecule has 0 bridgehead atoms. The first kappa shape index (κ1) is 14.0. The normalized spacial score (nSPS) is 10.9. The number of thiophene rings is 1. The number of aromatic nitrogens is 1. The lowest BCUT2D eigenvalue weighted by molar-refractivity contribution is 0.103. The second kappa shape index (κ2) is 5.44. The molecule has 0 spiro atoms. The summed E-state index contributed by atoms with van der Waals surface area (Å²) >= 11 is 9.50. The van der Waals surface area contributed by atoms with Crippen molar-refractivity contribution in [2.24, 2.45) is 0 Å². The van der Waals surface area contributed by atoms with Crippen LogP contribution in [0.3, 0.4) is 0 Å². The smallest absolute Gasteiger partial charge is 0.267 e. The molecule has 1 aromatic carbocycles. The molecule has 0 radical (unpaired) electrons. The van der Waals surface area contributed by atoms with Crippen molar-refractivity contribution in [2.45, 2.75) is 0 Å². The SMILES string of the molecule is Nc1ccc2nc(NC(=O)c3cc(Br)c(Br)s3)sc2c1. The van der Waals surface area contributed by atoms with E-state index in [4.69, 9.17) is 5.73 Å². The van der Waals surface area contributed by atoms with E-state index in [1.54, 1.807) is 12.1 Å². The Bertz CT molecular complexity index is 793. The quantitative estimate of drug-likeness (QED) is 0.575. The third-order valence-corrected chi connectivity index (χ3v) is 6.69. The predicted octanol–water partition coefficient (Wildman–Crippen LogP) is 4.72. The lowest BCUT2D eigenvalue weighted by Crippen LogP contribution is -2.09. The maximum Gasteiger partial charge on any atom is 0.267 e. The van der Waals surface area contributed by atoms with E-state index in [9.17, 15) is 4.79 Å². The van der Waals surface area contributed by atoms with Crippen molar-refractivity contribution >= 4 is 81.5 Å². The number of amides is 1. The van der Waals surface area contributed by atoms with Gasteiger partial charge in [-0.1, -0.05) is 11.3 Å². The van der Waals surface area contributed by atoms with E-state index < -0.39 is 0 Å². The Morgan fingerprint density at radius 1 is 1.25 bits per heavy atom. The van der Waals surface area contributed by atoms with Crippen LogP contribution >= 0.6 is 54.5 Å². The lowest BCUT2D eigenvalue weighted by Gasteiger charge is -1.96. The second-order valence-electron chi connectivity index (χ2n) is 3.93. The number of fused-ring (bicyclic) bond motifs is 1. The molecule has 3 aromatic rings. The lowest BCUT2D eigenvalue weighted by atomic mass is 10.3. The first-order valence-corrected chi connectivity index (χ1v) is 8.67. The van der Waals surface area contributed by atoms with E-state index in [0.717, 1.165) is 18.5 Å². The van der Waals surface area contributed by atoms with Gasteiger partial charge in [0.2, 0.25) is 0 Å². The van der Waals surface area contributed by atoms with Crippen molar-refractivity contribution < 1.29 is 4.79 Å². The Hall–Kier alpha value is -0.960. The van der Waals surface area contributed by atoms with Crippen LogP contribution in [0.5, 0.6) is 0 Å². The molecule has 0 aliphatic rings. The van der Waals surface area contributed by atoms with Crippen molar-refractivity contribution in [1.82, 2.24) is 4.98 Å². The summed E-state index contributed by atoms with van der Waals surface area (Å²) in [6, 6.07) is 7.26. The van der Waals surface area contributed by atoms with Crippen LogP contribution < -0.4 is 11.1 Å². The summed E-state index contributed by atoms with van der Waals surface area (Å²) < 4.78 is 2.71. The number of thiazole rings is 1. The van der Waals surface area contributed by atoms with Gasteiger partial charge in [-0.25, -0.2) is 4.98 Å². The highest BCUT2D eigenvalue weighted by atomic mass is 79.9. The largest absolute Gasteiger partial charge is 0.399 e. The molecule has 0 unspecified atom stereocenters. The molecule has 8 heteroatoms. The van der Waals surface area contributed by atoms with Gasteiger partial charge in [-0.3, -0.25) is 10.1 Å². The Labute approximate surface area is 139 Å². The summed E-state index contributed by atoms with van der Waals surface area (Å²) in [6.45, 7) is 0. The third-order valence-electron chi connectivity index (χ3n) is 2.50. The van der Waals surface area contributed by atoms with Crippen molar-refractivity contribution in [3.05, 3.63) is 37.4 Å². The molecule has 0 fully saturated rings. The summed E-state index contributed by atoms with van der Waals surface area (Å²) in [5, 5.41) is 3.37. The van der Waals surface area contributed by atoms with Crippen LogP contribution in [0.15, 0.2) is 32.5 Å². The Morgan fingerprint density at radius 3 is 2.75 bits per heavy atom. The molecule has 1 amide bonds. The maximum absolute atomic E-state index is 12.1.